The lowest BCUT2D eigenvalue weighted by Gasteiger charge is -2.28. The Bertz CT molecular complexity index is 677. The van der Waals surface area contributed by atoms with Gasteiger partial charge in [-0.05, 0) is 18.1 Å². The van der Waals surface area contributed by atoms with Crippen LogP contribution in [0.2, 0.25) is 5.02 Å². The molecule has 0 unspecified atom stereocenters. The minimum atomic E-state index is -3.90. The number of hydrogen-bond acceptors (Lipinski definition) is 4. The summed E-state index contributed by atoms with van der Waals surface area (Å²) in [4.78, 5) is 11.4. The Morgan fingerprint density at radius 1 is 1.36 bits per heavy atom. The lowest BCUT2D eigenvalue weighted by molar-refractivity contribution is -0.140. The lowest BCUT2D eigenvalue weighted by Crippen LogP contribution is -2.44. The van der Waals surface area contributed by atoms with Crippen molar-refractivity contribution in [3.8, 4) is 0 Å². The molecule has 0 heterocycles. The third-order valence-electron chi connectivity index (χ3n) is 3.52. The van der Waals surface area contributed by atoms with Gasteiger partial charge < -0.3 is 4.74 Å². The molecule has 0 aliphatic carbocycles. The number of rotatable bonds is 9. The highest BCUT2D eigenvalue weighted by atomic mass is 35.5. The molecule has 0 saturated heterocycles. The minimum Gasteiger partial charge on any atom is -0.469 e. The van der Waals surface area contributed by atoms with E-state index in [4.69, 9.17) is 11.6 Å². The summed E-state index contributed by atoms with van der Waals surface area (Å²) in [5.41, 5.74) is 0.104. The fourth-order valence-electron chi connectivity index (χ4n) is 2.21. The molecule has 142 valence electrons. The number of nitrogens with zero attached hydrogens (tertiary/aromatic N) is 2. The summed E-state index contributed by atoms with van der Waals surface area (Å²) in [6.45, 7) is 3.75. The number of halogens is 2. The third kappa shape index (κ3) is 6.22. The molecule has 1 aromatic rings. The van der Waals surface area contributed by atoms with Crippen LogP contribution in [0.3, 0.4) is 0 Å². The highest BCUT2D eigenvalue weighted by Crippen LogP contribution is 2.22. The Balaban J connectivity index is 3.00. The first kappa shape index (κ1) is 21.8. The van der Waals surface area contributed by atoms with Gasteiger partial charge in [0.2, 0.25) is 0 Å². The SMILES string of the molecule is COC(=O)CCN(CC(C)C)S(=O)(=O)N(C)Cc1c(F)cccc1Cl. The Morgan fingerprint density at radius 3 is 2.52 bits per heavy atom. The number of carbonyl (C=O) groups excluding carboxylic acids is 1. The van der Waals surface area contributed by atoms with Crippen LogP contribution < -0.4 is 0 Å². The zero-order valence-corrected chi connectivity index (χ0v) is 16.4. The van der Waals surface area contributed by atoms with Gasteiger partial charge in [0, 0.05) is 37.3 Å². The van der Waals surface area contributed by atoms with Gasteiger partial charge in [-0.3, -0.25) is 4.79 Å². The van der Waals surface area contributed by atoms with E-state index in [-0.39, 0.29) is 42.6 Å². The van der Waals surface area contributed by atoms with Crippen molar-refractivity contribution in [2.24, 2.45) is 5.92 Å². The molecule has 0 aliphatic heterocycles. The highest BCUT2D eigenvalue weighted by Gasteiger charge is 2.29. The van der Waals surface area contributed by atoms with E-state index in [0.717, 1.165) is 4.31 Å². The number of hydrogen-bond donors (Lipinski definition) is 0. The Labute approximate surface area is 153 Å². The second-order valence-electron chi connectivity index (χ2n) is 6.04. The van der Waals surface area contributed by atoms with Gasteiger partial charge in [0.1, 0.15) is 5.82 Å². The van der Waals surface area contributed by atoms with Crippen LogP contribution in [0.5, 0.6) is 0 Å². The molecule has 0 atom stereocenters. The summed E-state index contributed by atoms with van der Waals surface area (Å²) >= 11 is 5.97. The molecule has 1 aromatic carbocycles. The number of ether oxygens (including phenoxy) is 1. The summed E-state index contributed by atoms with van der Waals surface area (Å²) < 4.78 is 46.4. The van der Waals surface area contributed by atoms with Gasteiger partial charge >= 0.3 is 5.97 Å². The van der Waals surface area contributed by atoms with E-state index in [2.05, 4.69) is 4.74 Å². The molecule has 1 rings (SSSR count). The fraction of sp³-hybridized carbons (Fsp3) is 0.562. The van der Waals surface area contributed by atoms with Crippen molar-refractivity contribution in [3.05, 3.63) is 34.6 Å². The monoisotopic (exact) mass is 394 g/mol. The molecule has 0 amide bonds. The number of methoxy groups -OCH3 is 1. The average Bonchev–Trinajstić information content (AvgIpc) is 2.53. The van der Waals surface area contributed by atoms with Crippen LogP contribution in [-0.2, 0) is 26.3 Å². The predicted molar refractivity (Wildman–Crippen MR) is 94.8 cm³/mol. The van der Waals surface area contributed by atoms with Crippen LogP contribution in [0.1, 0.15) is 25.8 Å². The minimum absolute atomic E-state index is 0.0114. The zero-order valence-electron chi connectivity index (χ0n) is 14.8. The first-order chi connectivity index (χ1) is 11.6. The molecular formula is C16H24ClFN2O4S. The molecule has 0 radical (unpaired) electrons. The molecule has 0 aromatic heterocycles. The highest BCUT2D eigenvalue weighted by molar-refractivity contribution is 7.86. The van der Waals surface area contributed by atoms with Crippen LogP contribution in [0.25, 0.3) is 0 Å². The van der Waals surface area contributed by atoms with E-state index in [1.807, 2.05) is 13.8 Å². The molecule has 0 spiro atoms. The average molecular weight is 395 g/mol. The van der Waals surface area contributed by atoms with Gasteiger partial charge in [0.05, 0.1) is 13.5 Å². The third-order valence-corrected chi connectivity index (χ3v) is 5.78. The molecule has 0 saturated carbocycles. The van der Waals surface area contributed by atoms with Crippen LogP contribution in [0.15, 0.2) is 18.2 Å². The van der Waals surface area contributed by atoms with Gasteiger partial charge in [0.15, 0.2) is 0 Å². The van der Waals surface area contributed by atoms with Crippen molar-refractivity contribution >= 4 is 27.8 Å². The van der Waals surface area contributed by atoms with Gasteiger partial charge in [-0.2, -0.15) is 17.0 Å². The number of esters is 1. The molecule has 0 aliphatic rings. The second kappa shape index (κ2) is 9.47. The Kier molecular flexibility index (Phi) is 8.27. The largest absolute Gasteiger partial charge is 0.469 e. The zero-order chi connectivity index (χ0) is 19.2. The maximum Gasteiger partial charge on any atom is 0.306 e. The molecular weight excluding hydrogens is 371 g/mol. The van der Waals surface area contributed by atoms with E-state index in [1.165, 1.54) is 36.7 Å². The van der Waals surface area contributed by atoms with Crippen molar-refractivity contribution in [2.75, 3.05) is 27.2 Å². The van der Waals surface area contributed by atoms with E-state index < -0.39 is 22.0 Å². The Hall–Kier alpha value is -1.22. The van der Waals surface area contributed by atoms with Crippen molar-refractivity contribution in [3.63, 3.8) is 0 Å². The van der Waals surface area contributed by atoms with Crippen molar-refractivity contribution in [1.82, 2.24) is 8.61 Å². The molecule has 0 fully saturated rings. The van der Waals surface area contributed by atoms with Gasteiger partial charge in [-0.1, -0.05) is 31.5 Å². The summed E-state index contributed by atoms with van der Waals surface area (Å²) in [5.74, 6) is -1.01. The standard InChI is InChI=1S/C16H24ClFN2O4S/c1-12(2)10-20(9-8-16(21)24-4)25(22,23)19(3)11-13-14(17)6-5-7-15(13)18/h5-7,12H,8-11H2,1-4H3. The summed E-state index contributed by atoms with van der Waals surface area (Å²) in [6.07, 6.45) is -0.0588. The number of carbonyl (C=O) groups is 1. The molecule has 0 bridgehead atoms. The molecule has 0 N–H and O–H groups in total. The summed E-state index contributed by atoms with van der Waals surface area (Å²) in [7, 11) is -1.30. The maximum absolute atomic E-state index is 13.9. The normalized spacial score (nSPS) is 12.2. The van der Waals surface area contributed by atoms with Crippen LogP contribution in [0.4, 0.5) is 4.39 Å². The van der Waals surface area contributed by atoms with Crippen molar-refractivity contribution in [2.45, 2.75) is 26.8 Å². The van der Waals surface area contributed by atoms with E-state index >= 15 is 0 Å². The Morgan fingerprint density at radius 2 is 2.00 bits per heavy atom. The number of benzene rings is 1. The predicted octanol–water partition coefficient (Wildman–Crippen LogP) is 2.68. The van der Waals surface area contributed by atoms with Crippen molar-refractivity contribution in [1.29, 1.82) is 0 Å². The van der Waals surface area contributed by atoms with E-state index in [9.17, 15) is 17.6 Å². The van der Waals surface area contributed by atoms with E-state index in [0.29, 0.717) is 0 Å². The van der Waals surface area contributed by atoms with Crippen LogP contribution in [-0.4, -0.2) is 50.2 Å². The van der Waals surface area contributed by atoms with Gasteiger partial charge in [-0.15, -0.1) is 0 Å². The lowest BCUT2D eigenvalue weighted by atomic mass is 10.2. The summed E-state index contributed by atoms with van der Waals surface area (Å²) in [6, 6.07) is 4.19. The topological polar surface area (TPSA) is 66.9 Å². The first-order valence-corrected chi connectivity index (χ1v) is 9.58. The first-order valence-electron chi connectivity index (χ1n) is 7.80. The molecule has 25 heavy (non-hydrogen) atoms. The van der Waals surface area contributed by atoms with Crippen molar-refractivity contribution < 1.29 is 22.3 Å². The fourth-order valence-corrected chi connectivity index (χ4v) is 3.93. The van der Waals surface area contributed by atoms with Crippen LogP contribution in [0, 0.1) is 11.7 Å². The molecule has 9 heteroatoms. The van der Waals surface area contributed by atoms with Gasteiger partial charge in [-0.25, -0.2) is 4.39 Å². The molecule has 6 nitrogen and oxygen atoms in total. The van der Waals surface area contributed by atoms with E-state index in [1.54, 1.807) is 0 Å². The smallest absolute Gasteiger partial charge is 0.306 e. The maximum atomic E-state index is 13.9. The van der Waals surface area contributed by atoms with Crippen LogP contribution >= 0.6 is 11.6 Å². The summed E-state index contributed by atoms with van der Waals surface area (Å²) in [5, 5.41) is 0.159. The second-order valence-corrected chi connectivity index (χ2v) is 8.48. The quantitative estimate of drug-likeness (QED) is 0.604. The van der Waals surface area contributed by atoms with Gasteiger partial charge in [0.25, 0.3) is 10.2 Å².